The maximum atomic E-state index is 5.67. The Bertz CT molecular complexity index is 333. The third kappa shape index (κ3) is 5.74. The van der Waals surface area contributed by atoms with Crippen LogP contribution in [-0.2, 0) is 14.2 Å². The smallest absolute Gasteiger partial charge is 0.194 e. The summed E-state index contributed by atoms with van der Waals surface area (Å²) >= 11 is 0. The van der Waals surface area contributed by atoms with Gasteiger partial charge in [0, 0.05) is 39.3 Å². The number of likely N-dealkylation sites (tertiary alicyclic amines) is 1. The Morgan fingerprint density at radius 3 is 3.00 bits per heavy atom. The van der Waals surface area contributed by atoms with Crippen LogP contribution in [-0.4, -0.2) is 76.7 Å². The number of nitrogens with zero attached hydrogens (tertiary/aromatic N) is 2. The van der Waals surface area contributed by atoms with Gasteiger partial charge in [-0.25, -0.2) is 0 Å². The summed E-state index contributed by atoms with van der Waals surface area (Å²) in [6, 6.07) is 0. The fourth-order valence-electron chi connectivity index (χ4n) is 3.03. The van der Waals surface area contributed by atoms with Gasteiger partial charge in [-0.05, 0) is 26.2 Å². The highest BCUT2D eigenvalue weighted by Gasteiger charge is 2.24. The number of hydrogen-bond donors (Lipinski definition) is 1. The summed E-state index contributed by atoms with van der Waals surface area (Å²) in [5.41, 5.74) is 0. The fourth-order valence-corrected chi connectivity index (χ4v) is 3.03. The van der Waals surface area contributed by atoms with Crippen LogP contribution < -0.4 is 5.32 Å². The molecule has 1 N–H and O–H groups in total. The Morgan fingerprint density at radius 1 is 1.36 bits per heavy atom. The number of rotatable bonds is 8. The van der Waals surface area contributed by atoms with E-state index in [0.717, 1.165) is 51.6 Å². The quantitative estimate of drug-likeness (QED) is 0.413. The van der Waals surface area contributed by atoms with Crippen molar-refractivity contribution in [2.45, 2.75) is 32.3 Å². The second-order valence-corrected chi connectivity index (χ2v) is 6.00. The van der Waals surface area contributed by atoms with Crippen molar-refractivity contribution in [2.24, 2.45) is 10.9 Å². The molecule has 0 amide bonds. The molecular formula is C16H31N3O3. The molecule has 2 aliphatic rings. The van der Waals surface area contributed by atoms with Gasteiger partial charge < -0.3 is 24.4 Å². The van der Waals surface area contributed by atoms with Gasteiger partial charge in [-0.3, -0.25) is 4.99 Å². The minimum atomic E-state index is 0.297. The van der Waals surface area contributed by atoms with E-state index in [1.807, 2.05) is 0 Å². The van der Waals surface area contributed by atoms with Crippen LogP contribution >= 0.6 is 0 Å². The van der Waals surface area contributed by atoms with Crippen molar-refractivity contribution < 1.29 is 14.2 Å². The standard InChI is InChI=1S/C16H31N3O3/c1-3-17-16(19-8-6-14(11-19)12-20-2)18-7-10-21-13-15-5-4-9-22-15/h14-15H,3-13H2,1-2H3,(H,17,18). The average molecular weight is 313 g/mol. The molecule has 0 spiro atoms. The Balaban J connectivity index is 1.68. The lowest BCUT2D eigenvalue weighted by Crippen LogP contribution is -2.40. The molecule has 6 nitrogen and oxygen atoms in total. The van der Waals surface area contributed by atoms with Crippen LogP contribution in [0.5, 0.6) is 0 Å². The van der Waals surface area contributed by atoms with Crippen LogP contribution in [0.3, 0.4) is 0 Å². The van der Waals surface area contributed by atoms with Crippen molar-refractivity contribution in [1.82, 2.24) is 10.2 Å². The predicted octanol–water partition coefficient (Wildman–Crippen LogP) is 1.12. The molecule has 2 unspecified atom stereocenters. The topological polar surface area (TPSA) is 55.3 Å². The van der Waals surface area contributed by atoms with Crippen LogP contribution in [0.4, 0.5) is 0 Å². The molecule has 0 aromatic rings. The first-order valence-electron chi connectivity index (χ1n) is 8.55. The summed E-state index contributed by atoms with van der Waals surface area (Å²) in [4.78, 5) is 7.01. The Morgan fingerprint density at radius 2 is 2.27 bits per heavy atom. The van der Waals surface area contributed by atoms with Crippen LogP contribution in [0.2, 0.25) is 0 Å². The number of aliphatic imine (C=N–C) groups is 1. The molecule has 0 aliphatic carbocycles. The van der Waals surface area contributed by atoms with Crippen LogP contribution in [0, 0.1) is 5.92 Å². The third-order valence-electron chi connectivity index (χ3n) is 4.15. The highest BCUT2D eigenvalue weighted by molar-refractivity contribution is 5.80. The van der Waals surface area contributed by atoms with E-state index >= 15 is 0 Å². The molecule has 6 heteroatoms. The third-order valence-corrected chi connectivity index (χ3v) is 4.15. The summed E-state index contributed by atoms with van der Waals surface area (Å²) in [7, 11) is 1.77. The molecule has 0 aromatic carbocycles. The van der Waals surface area contributed by atoms with E-state index in [9.17, 15) is 0 Å². The lowest BCUT2D eigenvalue weighted by molar-refractivity contribution is 0.0199. The van der Waals surface area contributed by atoms with E-state index in [4.69, 9.17) is 14.2 Å². The first-order valence-corrected chi connectivity index (χ1v) is 8.55. The van der Waals surface area contributed by atoms with Gasteiger partial charge in [-0.2, -0.15) is 0 Å². The van der Waals surface area contributed by atoms with Gasteiger partial charge in [-0.15, -0.1) is 0 Å². The lowest BCUT2D eigenvalue weighted by Gasteiger charge is -2.21. The van der Waals surface area contributed by atoms with Crippen molar-refractivity contribution in [3.05, 3.63) is 0 Å². The first-order chi connectivity index (χ1) is 10.8. The average Bonchev–Trinajstić information content (AvgIpc) is 3.18. The number of hydrogen-bond acceptors (Lipinski definition) is 4. The fraction of sp³-hybridized carbons (Fsp3) is 0.938. The molecule has 0 saturated carbocycles. The molecule has 2 saturated heterocycles. The van der Waals surface area contributed by atoms with Gasteiger partial charge in [0.05, 0.1) is 32.5 Å². The maximum Gasteiger partial charge on any atom is 0.194 e. The minimum Gasteiger partial charge on any atom is -0.384 e. The normalized spacial score (nSPS) is 25.9. The van der Waals surface area contributed by atoms with Crippen LogP contribution in [0.25, 0.3) is 0 Å². The Hall–Kier alpha value is -0.850. The zero-order chi connectivity index (χ0) is 15.6. The molecule has 2 heterocycles. The zero-order valence-corrected chi connectivity index (χ0v) is 14.1. The monoisotopic (exact) mass is 313 g/mol. The molecule has 0 radical (unpaired) electrons. The van der Waals surface area contributed by atoms with Gasteiger partial charge in [0.1, 0.15) is 0 Å². The molecule has 22 heavy (non-hydrogen) atoms. The van der Waals surface area contributed by atoms with Crippen molar-refractivity contribution in [3.8, 4) is 0 Å². The number of methoxy groups -OCH3 is 1. The van der Waals surface area contributed by atoms with Gasteiger partial charge in [0.15, 0.2) is 5.96 Å². The van der Waals surface area contributed by atoms with E-state index in [-0.39, 0.29) is 0 Å². The van der Waals surface area contributed by atoms with Crippen LogP contribution in [0.15, 0.2) is 4.99 Å². The van der Waals surface area contributed by atoms with E-state index in [1.54, 1.807) is 7.11 Å². The number of nitrogens with one attached hydrogen (secondary N) is 1. The van der Waals surface area contributed by atoms with E-state index < -0.39 is 0 Å². The second kappa shape index (κ2) is 10.0. The largest absolute Gasteiger partial charge is 0.384 e. The van der Waals surface area contributed by atoms with E-state index in [2.05, 4.69) is 22.1 Å². The number of ether oxygens (including phenoxy) is 3. The van der Waals surface area contributed by atoms with Gasteiger partial charge in [0.25, 0.3) is 0 Å². The molecule has 2 fully saturated rings. The summed E-state index contributed by atoms with van der Waals surface area (Å²) in [5.74, 6) is 1.62. The van der Waals surface area contributed by atoms with Crippen molar-refractivity contribution >= 4 is 5.96 Å². The highest BCUT2D eigenvalue weighted by Crippen LogP contribution is 2.16. The molecule has 0 aromatic heterocycles. The molecule has 2 aliphatic heterocycles. The van der Waals surface area contributed by atoms with Crippen molar-refractivity contribution in [3.63, 3.8) is 0 Å². The van der Waals surface area contributed by atoms with E-state index in [0.29, 0.717) is 31.8 Å². The van der Waals surface area contributed by atoms with Crippen molar-refractivity contribution in [1.29, 1.82) is 0 Å². The highest BCUT2D eigenvalue weighted by atomic mass is 16.5. The van der Waals surface area contributed by atoms with Gasteiger partial charge in [-0.1, -0.05) is 0 Å². The summed E-state index contributed by atoms with van der Waals surface area (Å²) < 4.78 is 16.5. The Labute approximate surface area is 134 Å². The summed E-state index contributed by atoms with van der Waals surface area (Å²) in [6.07, 6.45) is 3.76. The minimum absolute atomic E-state index is 0.297. The lowest BCUT2D eigenvalue weighted by atomic mass is 10.1. The maximum absolute atomic E-state index is 5.67. The van der Waals surface area contributed by atoms with E-state index in [1.165, 1.54) is 6.42 Å². The SMILES string of the molecule is CCNC(=NCCOCC1CCCO1)N1CCC(COC)C1. The first kappa shape index (κ1) is 17.5. The summed E-state index contributed by atoms with van der Waals surface area (Å²) in [5, 5.41) is 3.37. The van der Waals surface area contributed by atoms with Crippen LogP contribution in [0.1, 0.15) is 26.2 Å². The molecular weight excluding hydrogens is 282 g/mol. The molecule has 2 rings (SSSR count). The molecule has 0 bridgehead atoms. The Kier molecular flexibility index (Phi) is 7.98. The van der Waals surface area contributed by atoms with Crippen molar-refractivity contribution in [2.75, 3.05) is 59.7 Å². The predicted molar refractivity (Wildman–Crippen MR) is 87.3 cm³/mol. The summed E-state index contributed by atoms with van der Waals surface area (Å²) in [6.45, 7) is 8.84. The van der Waals surface area contributed by atoms with Gasteiger partial charge in [0.2, 0.25) is 0 Å². The number of guanidine groups is 1. The zero-order valence-electron chi connectivity index (χ0n) is 14.1. The van der Waals surface area contributed by atoms with Gasteiger partial charge >= 0.3 is 0 Å². The molecule has 128 valence electrons. The second-order valence-electron chi connectivity index (χ2n) is 6.00. The molecule has 2 atom stereocenters.